The second kappa shape index (κ2) is 8.33. The third kappa shape index (κ3) is 3.63. The summed E-state index contributed by atoms with van der Waals surface area (Å²) in [6.07, 6.45) is 4.64. The number of nitrogens with one attached hydrogen (secondary N) is 1. The molecule has 0 bridgehead atoms. The average Bonchev–Trinajstić information content (AvgIpc) is 3.53. The lowest BCUT2D eigenvalue weighted by atomic mass is 9.97. The standard InChI is InChI=1S/C25H26N6O/c1-2-4-18(5-3-1)21-14-20(17-27-21)22-16-25(30-10-12-32-13-11-30)31-24(28-22)15-23(29-31)19-6-8-26-9-7-19/h1-9,15-16,20-21,27H,10-14,17H2. The highest BCUT2D eigenvalue weighted by atomic mass is 16.5. The summed E-state index contributed by atoms with van der Waals surface area (Å²) >= 11 is 0. The highest BCUT2D eigenvalue weighted by Crippen LogP contribution is 2.35. The molecule has 0 saturated carbocycles. The van der Waals surface area contributed by atoms with Gasteiger partial charge in [0.25, 0.3) is 0 Å². The van der Waals surface area contributed by atoms with Gasteiger partial charge in [0, 0.05) is 61.7 Å². The number of nitrogens with zero attached hydrogens (tertiary/aromatic N) is 5. The van der Waals surface area contributed by atoms with Gasteiger partial charge in [-0.25, -0.2) is 4.98 Å². The van der Waals surface area contributed by atoms with E-state index in [-0.39, 0.29) is 0 Å². The Labute approximate surface area is 187 Å². The number of anilines is 1. The molecule has 1 N–H and O–H groups in total. The lowest BCUT2D eigenvalue weighted by Gasteiger charge is -2.29. The zero-order chi connectivity index (χ0) is 21.3. The van der Waals surface area contributed by atoms with Crippen LogP contribution in [0, 0.1) is 0 Å². The smallest absolute Gasteiger partial charge is 0.158 e. The Morgan fingerprint density at radius 1 is 0.969 bits per heavy atom. The Hall–Kier alpha value is -3.29. The molecule has 0 spiro atoms. The molecule has 2 atom stereocenters. The predicted molar refractivity (Wildman–Crippen MR) is 124 cm³/mol. The first-order chi connectivity index (χ1) is 15.8. The topological polar surface area (TPSA) is 67.6 Å². The summed E-state index contributed by atoms with van der Waals surface area (Å²) in [6, 6.07) is 19.4. The van der Waals surface area contributed by atoms with E-state index in [1.807, 2.05) is 16.6 Å². The normalized spacial score (nSPS) is 21.3. The van der Waals surface area contributed by atoms with E-state index < -0.39 is 0 Å². The number of hydrogen-bond donors (Lipinski definition) is 1. The summed E-state index contributed by atoms with van der Waals surface area (Å²) in [4.78, 5) is 11.6. The summed E-state index contributed by atoms with van der Waals surface area (Å²) < 4.78 is 7.58. The molecule has 0 amide bonds. The van der Waals surface area contributed by atoms with Crippen LogP contribution in [0.25, 0.3) is 16.9 Å². The number of rotatable bonds is 4. The van der Waals surface area contributed by atoms with Crippen LogP contribution < -0.4 is 10.2 Å². The number of aromatic nitrogens is 4. The highest BCUT2D eigenvalue weighted by Gasteiger charge is 2.29. The van der Waals surface area contributed by atoms with Crippen LogP contribution in [0.15, 0.2) is 67.0 Å². The summed E-state index contributed by atoms with van der Waals surface area (Å²) in [6.45, 7) is 4.12. The van der Waals surface area contributed by atoms with E-state index in [0.717, 1.165) is 67.7 Å². The quantitative estimate of drug-likeness (QED) is 0.539. The van der Waals surface area contributed by atoms with Gasteiger partial charge in [0.05, 0.1) is 24.6 Å². The number of hydrogen-bond acceptors (Lipinski definition) is 6. The van der Waals surface area contributed by atoms with Crippen LogP contribution in [0.3, 0.4) is 0 Å². The number of morpholine rings is 1. The van der Waals surface area contributed by atoms with E-state index in [4.69, 9.17) is 14.8 Å². The van der Waals surface area contributed by atoms with Gasteiger partial charge >= 0.3 is 0 Å². The molecule has 162 valence electrons. The minimum Gasteiger partial charge on any atom is -0.378 e. The van der Waals surface area contributed by atoms with Gasteiger partial charge in [-0.3, -0.25) is 4.98 Å². The first kappa shape index (κ1) is 19.4. The number of fused-ring (bicyclic) bond motifs is 1. The second-order valence-corrected chi connectivity index (χ2v) is 8.48. The van der Waals surface area contributed by atoms with Crippen molar-refractivity contribution < 1.29 is 4.74 Å². The van der Waals surface area contributed by atoms with Crippen LogP contribution in [-0.4, -0.2) is 52.4 Å². The molecule has 6 rings (SSSR count). The fraction of sp³-hybridized carbons (Fsp3) is 0.320. The van der Waals surface area contributed by atoms with Gasteiger partial charge in [0.15, 0.2) is 5.65 Å². The SMILES string of the molecule is c1ccc(C2CC(c3cc(N4CCOCC4)n4nc(-c5ccncc5)cc4n3)CN2)cc1. The van der Waals surface area contributed by atoms with Crippen LogP contribution in [0.2, 0.25) is 0 Å². The van der Waals surface area contributed by atoms with Gasteiger partial charge in [-0.05, 0) is 24.1 Å². The van der Waals surface area contributed by atoms with Gasteiger partial charge in [-0.2, -0.15) is 9.61 Å². The lowest BCUT2D eigenvalue weighted by Crippen LogP contribution is -2.37. The van der Waals surface area contributed by atoms with Crippen molar-refractivity contribution in [2.45, 2.75) is 18.4 Å². The molecule has 1 aromatic carbocycles. The molecule has 4 aromatic rings. The Kier molecular flexibility index (Phi) is 5.05. The van der Waals surface area contributed by atoms with Crippen molar-refractivity contribution in [2.24, 2.45) is 0 Å². The minimum atomic E-state index is 0.364. The molecule has 32 heavy (non-hydrogen) atoms. The molecule has 2 aliphatic heterocycles. The first-order valence-electron chi connectivity index (χ1n) is 11.3. The van der Waals surface area contributed by atoms with Crippen molar-refractivity contribution in [3.8, 4) is 11.3 Å². The van der Waals surface area contributed by atoms with Gasteiger partial charge < -0.3 is 15.0 Å². The van der Waals surface area contributed by atoms with Crippen molar-refractivity contribution in [1.29, 1.82) is 0 Å². The van der Waals surface area contributed by atoms with Crippen molar-refractivity contribution in [2.75, 3.05) is 37.7 Å². The van der Waals surface area contributed by atoms with Crippen molar-refractivity contribution >= 4 is 11.5 Å². The highest BCUT2D eigenvalue weighted by molar-refractivity contribution is 5.65. The molecule has 2 fully saturated rings. The van der Waals surface area contributed by atoms with E-state index in [2.05, 4.69) is 57.7 Å². The lowest BCUT2D eigenvalue weighted by molar-refractivity contribution is 0.122. The Balaban J connectivity index is 1.39. The minimum absolute atomic E-state index is 0.364. The summed E-state index contributed by atoms with van der Waals surface area (Å²) in [7, 11) is 0. The van der Waals surface area contributed by atoms with Crippen LogP contribution in [0.1, 0.15) is 29.6 Å². The molecule has 0 aliphatic carbocycles. The van der Waals surface area contributed by atoms with E-state index in [0.29, 0.717) is 12.0 Å². The number of pyridine rings is 1. The maximum absolute atomic E-state index is 5.60. The van der Waals surface area contributed by atoms with Gasteiger partial charge in [-0.15, -0.1) is 0 Å². The maximum Gasteiger partial charge on any atom is 0.158 e. The fourth-order valence-electron chi connectivity index (χ4n) is 4.77. The van der Waals surface area contributed by atoms with Crippen molar-refractivity contribution in [1.82, 2.24) is 24.9 Å². The Bertz CT molecular complexity index is 1200. The van der Waals surface area contributed by atoms with Crippen LogP contribution >= 0.6 is 0 Å². The predicted octanol–water partition coefficient (Wildman–Crippen LogP) is 3.45. The van der Waals surface area contributed by atoms with E-state index >= 15 is 0 Å². The fourth-order valence-corrected chi connectivity index (χ4v) is 4.77. The zero-order valence-electron chi connectivity index (χ0n) is 17.9. The average molecular weight is 427 g/mol. The Morgan fingerprint density at radius 3 is 2.59 bits per heavy atom. The molecule has 0 radical (unpaired) electrons. The molecule has 7 heteroatoms. The summed E-state index contributed by atoms with van der Waals surface area (Å²) in [5.74, 6) is 1.46. The molecular weight excluding hydrogens is 400 g/mol. The molecule has 2 aliphatic rings. The monoisotopic (exact) mass is 426 g/mol. The van der Waals surface area contributed by atoms with Gasteiger partial charge in [0.1, 0.15) is 5.82 Å². The number of benzene rings is 1. The zero-order valence-corrected chi connectivity index (χ0v) is 17.9. The molecule has 2 unspecified atom stereocenters. The van der Waals surface area contributed by atoms with Crippen LogP contribution in [0.5, 0.6) is 0 Å². The molecular formula is C25H26N6O. The molecule has 5 heterocycles. The van der Waals surface area contributed by atoms with Gasteiger partial charge in [-0.1, -0.05) is 30.3 Å². The Morgan fingerprint density at radius 2 is 1.78 bits per heavy atom. The molecule has 7 nitrogen and oxygen atoms in total. The molecule has 3 aromatic heterocycles. The molecule has 2 saturated heterocycles. The second-order valence-electron chi connectivity index (χ2n) is 8.48. The van der Waals surface area contributed by atoms with Crippen LogP contribution in [0.4, 0.5) is 5.82 Å². The van der Waals surface area contributed by atoms with Gasteiger partial charge in [0.2, 0.25) is 0 Å². The third-order valence-corrected chi connectivity index (χ3v) is 6.49. The van der Waals surface area contributed by atoms with E-state index in [9.17, 15) is 0 Å². The van der Waals surface area contributed by atoms with E-state index in [1.165, 1.54) is 5.56 Å². The summed E-state index contributed by atoms with van der Waals surface area (Å²) in [5, 5.41) is 8.61. The van der Waals surface area contributed by atoms with Crippen LogP contribution in [-0.2, 0) is 4.74 Å². The van der Waals surface area contributed by atoms with Crippen molar-refractivity contribution in [3.63, 3.8) is 0 Å². The largest absolute Gasteiger partial charge is 0.378 e. The van der Waals surface area contributed by atoms with E-state index in [1.54, 1.807) is 12.4 Å². The third-order valence-electron chi connectivity index (χ3n) is 6.49. The summed E-state index contributed by atoms with van der Waals surface area (Å²) in [5.41, 5.74) is 5.32. The maximum atomic E-state index is 5.60. The van der Waals surface area contributed by atoms with Crippen molar-refractivity contribution in [3.05, 3.63) is 78.2 Å². The first-order valence-corrected chi connectivity index (χ1v) is 11.3. The number of ether oxygens (including phenoxy) is 1.